The second-order valence-electron chi connectivity index (χ2n) is 5.36. The highest BCUT2D eigenvalue weighted by Crippen LogP contribution is 2.34. The molecular weight excluding hydrogens is 375 g/mol. The number of carbonyl (C=O) groups is 1. The fraction of sp³-hybridized carbons (Fsp3) is 0.188. The predicted molar refractivity (Wildman–Crippen MR) is 90.3 cm³/mol. The second-order valence-corrected chi connectivity index (χ2v) is 6.18. The van der Waals surface area contributed by atoms with Gasteiger partial charge in [0, 0.05) is 11.1 Å². The van der Waals surface area contributed by atoms with E-state index in [4.69, 9.17) is 28.3 Å². The van der Waals surface area contributed by atoms with E-state index in [1.807, 2.05) is 0 Å². The second kappa shape index (κ2) is 6.57. The van der Waals surface area contributed by atoms with Crippen LogP contribution in [0.3, 0.4) is 0 Å². The molecule has 1 N–H and O–H groups in total. The number of aryl methyl sites for hydroxylation is 1. The fourth-order valence-electron chi connectivity index (χ4n) is 2.60. The molecule has 0 fully saturated rings. The van der Waals surface area contributed by atoms with E-state index in [2.05, 4.69) is 10.1 Å². The lowest BCUT2D eigenvalue weighted by Gasteiger charge is -2.09. The maximum Gasteiger partial charge on any atom is 0.325 e. The van der Waals surface area contributed by atoms with Gasteiger partial charge in [0.2, 0.25) is 0 Å². The van der Waals surface area contributed by atoms with Gasteiger partial charge in [-0.1, -0.05) is 29.3 Å². The molecule has 2 aromatic heterocycles. The van der Waals surface area contributed by atoms with Gasteiger partial charge in [-0.15, -0.1) is 0 Å². The minimum Gasteiger partial charge on any atom is -0.480 e. The number of nitrogens with zero attached hydrogens (tertiary/aromatic N) is 3. The standard InChI is InChI=1S/C16H11Cl2F2N3O2/c1-7-14-9(15(19)20)5-12(8-2-3-10(17)11(18)4-8)21-16(14)23(22-7)6-13(24)25/h2-5,15H,6H2,1H3,(H,24,25). The van der Waals surface area contributed by atoms with Crippen LogP contribution in [0.25, 0.3) is 22.3 Å². The van der Waals surface area contributed by atoms with Gasteiger partial charge >= 0.3 is 5.97 Å². The predicted octanol–water partition coefficient (Wildman–Crippen LogP) is 4.74. The number of fused-ring (bicyclic) bond motifs is 1. The van der Waals surface area contributed by atoms with Crippen molar-refractivity contribution in [1.82, 2.24) is 14.8 Å². The van der Waals surface area contributed by atoms with Crippen molar-refractivity contribution in [3.05, 3.63) is 45.6 Å². The summed E-state index contributed by atoms with van der Waals surface area (Å²) >= 11 is 11.9. The third kappa shape index (κ3) is 3.29. The molecule has 0 spiro atoms. The zero-order valence-corrected chi connectivity index (χ0v) is 14.3. The van der Waals surface area contributed by atoms with Gasteiger partial charge in [0.05, 0.1) is 26.8 Å². The van der Waals surface area contributed by atoms with E-state index in [1.165, 1.54) is 25.1 Å². The summed E-state index contributed by atoms with van der Waals surface area (Å²) in [4.78, 5) is 15.3. The van der Waals surface area contributed by atoms with E-state index in [-0.39, 0.29) is 27.3 Å². The molecule has 0 amide bonds. The van der Waals surface area contributed by atoms with Gasteiger partial charge in [0.15, 0.2) is 5.65 Å². The number of hydrogen-bond donors (Lipinski definition) is 1. The van der Waals surface area contributed by atoms with E-state index in [9.17, 15) is 13.6 Å². The summed E-state index contributed by atoms with van der Waals surface area (Å²) in [5, 5.41) is 13.8. The first-order valence-electron chi connectivity index (χ1n) is 7.11. The fourth-order valence-corrected chi connectivity index (χ4v) is 2.90. The SMILES string of the molecule is Cc1nn(CC(=O)O)c2nc(-c3ccc(Cl)c(Cl)c3)cc(C(F)F)c12. The number of pyridine rings is 1. The van der Waals surface area contributed by atoms with Crippen molar-refractivity contribution in [3.63, 3.8) is 0 Å². The number of carboxylic acids is 1. The van der Waals surface area contributed by atoms with Gasteiger partial charge in [-0.25, -0.2) is 18.4 Å². The van der Waals surface area contributed by atoms with Crippen molar-refractivity contribution in [3.8, 4) is 11.3 Å². The monoisotopic (exact) mass is 385 g/mol. The summed E-state index contributed by atoms with van der Waals surface area (Å²) in [6.07, 6.45) is -2.77. The van der Waals surface area contributed by atoms with Gasteiger partial charge in [-0.3, -0.25) is 4.79 Å². The van der Waals surface area contributed by atoms with E-state index >= 15 is 0 Å². The lowest BCUT2D eigenvalue weighted by molar-refractivity contribution is -0.137. The van der Waals surface area contributed by atoms with Crippen molar-refractivity contribution in [1.29, 1.82) is 0 Å². The summed E-state index contributed by atoms with van der Waals surface area (Å²) in [6.45, 7) is 1.05. The Bertz CT molecular complexity index is 989. The van der Waals surface area contributed by atoms with Crippen molar-refractivity contribution >= 4 is 40.2 Å². The molecule has 1 aromatic carbocycles. The number of halogens is 4. The van der Waals surface area contributed by atoms with Crippen LogP contribution in [0.5, 0.6) is 0 Å². The normalized spacial score (nSPS) is 11.4. The molecule has 0 atom stereocenters. The zero-order chi connectivity index (χ0) is 18.3. The number of alkyl halides is 2. The molecule has 0 radical (unpaired) electrons. The minimum atomic E-state index is -2.77. The molecular formula is C16H11Cl2F2N3O2. The Balaban J connectivity index is 2.30. The van der Waals surface area contributed by atoms with E-state index in [0.29, 0.717) is 16.3 Å². The average Bonchev–Trinajstić information content (AvgIpc) is 2.84. The van der Waals surface area contributed by atoms with Gasteiger partial charge in [-0.05, 0) is 25.1 Å². The molecule has 25 heavy (non-hydrogen) atoms. The van der Waals surface area contributed by atoms with Crippen molar-refractivity contribution in [2.75, 3.05) is 0 Å². The van der Waals surface area contributed by atoms with Crippen LogP contribution >= 0.6 is 23.2 Å². The van der Waals surface area contributed by atoms with Crippen LogP contribution in [0, 0.1) is 6.92 Å². The molecule has 0 bridgehead atoms. The molecule has 5 nitrogen and oxygen atoms in total. The first kappa shape index (κ1) is 17.6. The van der Waals surface area contributed by atoms with Crippen LogP contribution in [-0.2, 0) is 11.3 Å². The topological polar surface area (TPSA) is 68.0 Å². The Labute approximate surface area is 150 Å². The van der Waals surface area contributed by atoms with E-state index in [1.54, 1.807) is 6.07 Å². The van der Waals surface area contributed by atoms with Crippen LogP contribution < -0.4 is 0 Å². The summed E-state index contributed by atoms with van der Waals surface area (Å²) < 4.78 is 28.2. The van der Waals surface area contributed by atoms with Crippen molar-refractivity contribution in [2.45, 2.75) is 19.9 Å². The summed E-state index contributed by atoms with van der Waals surface area (Å²) in [5.74, 6) is -1.15. The summed E-state index contributed by atoms with van der Waals surface area (Å²) in [7, 11) is 0. The first-order chi connectivity index (χ1) is 11.8. The molecule has 0 aliphatic heterocycles. The number of carboxylic acid groups (broad SMARTS) is 1. The Kier molecular flexibility index (Phi) is 4.62. The van der Waals surface area contributed by atoms with Crippen LogP contribution in [0.2, 0.25) is 10.0 Å². The molecule has 2 heterocycles. The highest BCUT2D eigenvalue weighted by atomic mass is 35.5. The molecule has 130 valence electrons. The Morgan fingerprint density at radius 2 is 2.00 bits per heavy atom. The minimum absolute atomic E-state index is 0.0822. The Morgan fingerprint density at radius 3 is 2.60 bits per heavy atom. The number of aliphatic carboxylic acids is 1. The van der Waals surface area contributed by atoms with Crippen molar-refractivity contribution < 1.29 is 18.7 Å². The lowest BCUT2D eigenvalue weighted by Crippen LogP contribution is -2.11. The molecule has 0 saturated carbocycles. The van der Waals surface area contributed by atoms with Crippen LogP contribution in [0.4, 0.5) is 8.78 Å². The van der Waals surface area contributed by atoms with Gasteiger partial charge in [0.1, 0.15) is 6.54 Å². The molecule has 9 heteroatoms. The van der Waals surface area contributed by atoms with Crippen LogP contribution in [0.15, 0.2) is 24.3 Å². The number of benzene rings is 1. The maximum absolute atomic E-state index is 13.6. The molecule has 3 rings (SSSR count). The third-order valence-electron chi connectivity index (χ3n) is 3.64. The quantitative estimate of drug-likeness (QED) is 0.704. The van der Waals surface area contributed by atoms with Crippen molar-refractivity contribution in [2.24, 2.45) is 0 Å². The Morgan fingerprint density at radius 1 is 1.28 bits per heavy atom. The molecule has 0 unspecified atom stereocenters. The largest absolute Gasteiger partial charge is 0.480 e. The van der Waals surface area contributed by atoms with Crippen LogP contribution in [-0.4, -0.2) is 25.8 Å². The maximum atomic E-state index is 13.6. The highest BCUT2D eigenvalue weighted by Gasteiger charge is 2.22. The smallest absolute Gasteiger partial charge is 0.325 e. The lowest BCUT2D eigenvalue weighted by atomic mass is 10.1. The number of hydrogen-bond acceptors (Lipinski definition) is 3. The number of aromatic nitrogens is 3. The van der Waals surface area contributed by atoms with Gasteiger partial charge < -0.3 is 5.11 Å². The van der Waals surface area contributed by atoms with E-state index < -0.39 is 18.9 Å². The highest BCUT2D eigenvalue weighted by molar-refractivity contribution is 6.42. The van der Waals surface area contributed by atoms with Gasteiger partial charge in [-0.2, -0.15) is 5.10 Å². The van der Waals surface area contributed by atoms with Gasteiger partial charge in [0.25, 0.3) is 6.43 Å². The number of rotatable bonds is 4. The first-order valence-corrected chi connectivity index (χ1v) is 7.87. The average molecular weight is 386 g/mol. The molecule has 0 aliphatic rings. The summed E-state index contributed by atoms with van der Waals surface area (Å²) in [6, 6.07) is 5.90. The third-order valence-corrected chi connectivity index (χ3v) is 4.38. The summed E-state index contributed by atoms with van der Waals surface area (Å²) in [5.41, 5.74) is 0.825. The Hall–Kier alpha value is -2.25. The molecule has 0 aliphatic carbocycles. The van der Waals surface area contributed by atoms with E-state index in [0.717, 1.165) is 4.68 Å². The van der Waals surface area contributed by atoms with Crippen LogP contribution in [0.1, 0.15) is 17.7 Å². The molecule has 0 saturated heterocycles. The zero-order valence-electron chi connectivity index (χ0n) is 12.8. The molecule has 3 aromatic rings.